The average molecular weight is 336 g/mol. The third-order valence-corrected chi connectivity index (χ3v) is 4.57. The Hall–Kier alpha value is -2.12. The minimum Gasteiger partial charge on any atom is -0.468 e. The van der Waals surface area contributed by atoms with E-state index in [4.69, 9.17) is 4.42 Å². The van der Waals surface area contributed by atoms with Gasteiger partial charge in [-0.15, -0.1) is 0 Å². The zero-order valence-corrected chi connectivity index (χ0v) is 14.0. The van der Waals surface area contributed by atoms with Crippen molar-refractivity contribution >= 4 is 21.6 Å². The summed E-state index contributed by atoms with van der Waals surface area (Å²) in [6.07, 6.45) is 2.56. The Bertz CT molecular complexity index is 727. The van der Waals surface area contributed by atoms with Gasteiger partial charge in [-0.25, -0.2) is 8.42 Å². The summed E-state index contributed by atoms with van der Waals surface area (Å²) >= 11 is 0. The number of rotatable bonds is 7. The summed E-state index contributed by atoms with van der Waals surface area (Å²) in [5.74, 6) is 0.210. The number of likely N-dealkylation sites (N-methyl/N-ethyl adjacent to an activating group) is 1. The van der Waals surface area contributed by atoms with Gasteiger partial charge in [0.15, 0.2) is 0 Å². The summed E-state index contributed by atoms with van der Waals surface area (Å²) in [6, 6.07) is 12.5. The van der Waals surface area contributed by atoms with Crippen LogP contribution in [0.25, 0.3) is 0 Å². The summed E-state index contributed by atoms with van der Waals surface area (Å²) in [7, 11) is -3.53. The van der Waals surface area contributed by atoms with E-state index in [1.54, 1.807) is 17.0 Å². The van der Waals surface area contributed by atoms with Crippen molar-refractivity contribution in [3.05, 3.63) is 54.5 Å². The van der Waals surface area contributed by atoms with E-state index < -0.39 is 10.0 Å². The molecule has 0 saturated heterocycles. The van der Waals surface area contributed by atoms with Crippen molar-refractivity contribution in [3.8, 4) is 0 Å². The van der Waals surface area contributed by atoms with Crippen LogP contribution in [0.15, 0.2) is 53.1 Å². The van der Waals surface area contributed by atoms with Crippen molar-refractivity contribution in [2.24, 2.45) is 0 Å². The van der Waals surface area contributed by atoms with Crippen molar-refractivity contribution in [2.75, 3.05) is 24.2 Å². The number of carbonyl (C=O) groups is 1. The predicted octanol–water partition coefficient (Wildman–Crippen LogP) is 2.09. The van der Waals surface area contributed by atoms with Crippen LogP contribution in [-0.2, 0) is 21.4 Å². The minimum atomic E-state index is -3.53. The number of carbonyl (C=O) groups excluding carboxylic acids is 1. The van der Waals surface area contributed by atoms with Crippen molar-refractivity contribution in [1.82, 2.24) is 4.31 Å². The Kier molecular flexibility index (Phi) is 5.57. The van der Waals surface area contributed by atoms with Gasteiger partial charge in [-0.3, -0.25) is 4.79 Å². The van der Waals surface area contributed by atoms with Crippen molar-refractivity contribution in [1.29, 1.82) is 0 Å². The molecule has 6 nitrogen and oxygen atoms in total. The minimum absolute atomic E-state index is 0.0317. The van der Waals surface area contributed by atoms with Crippen LogP contribution in [0, 0.1) is 0 Å². The number of sulfonamides is 1. The topological polar surface area (TPSA) is 70.8 Å². The molecule has 0 aliphatic heterocycles. The lowest BCUT2D eigenvalue weighted by atomic mass is 10.3. The largest absolute Gasteiger partial charge is 0.468 e. The highest BCUT2D eigenvalue weighted by atomic mass is 32.2. The summed E-state index contributed by atoms with van der Waals surface area (Å²) in [5.41, 5.74) is 0.742. The Morgan fingerprint density at radius 1 is 1.13 bits per heavy atom. The van der Waals surface area contributed by atoms with E-state index in [9.17, 15) is 13.2 Å². The van der Waals surface area contributed by atoms with Gasteiger partial charge < -0.3 is 9.32 Å². The molecule has 0 bridgehead atoms. The number of amides is 1. The number of anilines is 1. The molecule has 1 heterocycles. The summed E-state index contributed by atoms with van der Waals surface area (Å²) in [6.45, 7) is 2.11. The second kappa shape index (κ2) is 7.43. The number of hydrogen-bond donors (Lipinski definition) is 0. The molecule has 1 aromatic heterocycles. The Morgan fingerprint density at radius 2 is 1.83 bits per heavy atom. The Balaban J connectivity index is 2.16. The van der Waals surface area contributed by atoms with Gasteiger partial charge in [0.25, 0.3) is 0 Å². The first-order valence-corrected chi connectivity index (χ1v) is 9.09. The van der Waals surface area contributed by atoms with Gasteiger partial charge in [0.05, 0.1) is 25.6 Å². The van der Waals surface area contributed by atoms with Gasteiger partial charge >= 0.3 is 0 Å². The lowest BCUT2D eigenvalue weighted by Gasteiger charge is -2.25. The highest BCUT2D eigenvalue weighted by Gasteiger charge is 2.24. The van der Waals surface area contributed by atoms with Crippen LogP contribution in [0.2, 0.25) is 0 Å². The van der Waals surface area contributed by atoms with Crippen molar-refractivity contribution in [3.63, 3.8) is 0 Å². The van der Waals surface area contributed by atoms with E-state index in [1.807, 2.05) is 37.3 Å². The molecule has 0 fully saturated rings. The smallest absolute Gasteiger partial charge is 0.242 e. The van der Waals surface area contributed by atoms with E-state index in [0.29, 0.717) is 12.3 Å². The molecule has 1 aromatic carbocycles. The number of hydrogen-bond acceptors (Lipinski definition) is 4. The molecule has 0 radical (unpaired) electrons. The molecular weight excluding hydrogens is 316 g/mol. The SMILES string of the molecule is CCN(C(=O)CN(Cc1ccco1)S(C)(=O)=O)c1ccccc1. The van der Waals surface area contributed by atoms with E-state index in [-0.39, 0.29) is 19.0 Å². The molecule has 23 heavy (non-hydrogen) atoms. The average Bonchev–Trinajstić information content (AvgIpc) is 3.00. The Morgan fingerprint density at radius 3 is 2.35 bits per heavy atom. The highest BCUT2D eigenvalue weighted by molar-refractivity contribution is 7.88. The standard InChI is InChI=1S/C16H20N2O4S/c1-3-18(14-8-5-4-6-9-14)16(19)13-17(23(2,20)21)12-15-10-7-11-22-15/h4-11H,3,12-13H2,1-2H3. The summed E-state index contributed by atoms with van der Waals surface area (Å²) in [5, 5.41) is 0. The van der Waals surface area contributed by atoms with Gasteiger partial charge in [0.2, 0.25) is 15.9 Å². The molecule has 0 atom stereocenters. The van der Waals surface area contributed by atoms with E-state index >= 15 is 0 Å². The fourth-order valence-corrected chi connectivity index (χ4v) is 2.92. The van der Waals surface area contributed by atoms with Gasteiger partial charge in [-0.1, -0.05) is 18.2 Å². The number of benzene rings is 1. The third kappa shape index (κ3) is 4.67. The fourth-order valence-electron chi connectivity index (χ4n) is 2.21. The van der Waals surface area contributed by atoms with E-state index in [1.165, 1.54) is 6.26 Å². The van der Waals surface area contributed by atoms with E-state index in [2.05, 4.69) is 0 Å². The molecule has 0 saturated carbocycles. The predicted molar refractivity (Wildman–Crippen MR) is 88.4 cm³/mol. The van der Waals surface area contributed by atoms with Gasteiger partial charge in [0, 0.05) is 12.2 Å². The Labute approximate surface area is 136 Å². The highest BCUT2D eigenvalue weighted by Crippen LogP contribution is 2.15. The van der Waals surface area contributed by atoms with Crippen LogP contribution >= 0.6 is 0 Å². The first kappa shape index (κ1) is 17.2. The van der Waals surface area contributed by atoms with Crippen molar-refractivity contribution < 1.29 is 17.6 Å². The lowest BCUT2D eigenvalue weighted by Crippen LogP contribution is -2.42. The zero-order chi connectivity index (χ0) is 16.9. The van der Waals surface area contributed by atoms with Crippen LogP contribution < -0.4 is 4.90 Å². The molecule has 2 rings (SSSR count). The molecule has 0 aliphatic carbocycles. The van der Waals surface area contributed by atoms with Gasteiger partial charge in [0.1, 0.15) is 5.76 Å². The first-order valence-electron chi connectivity index (χ1n) is 7.24. The van der Waals surface area contributed by atoms with Crippen LogP contribution in [0.3, 0.4) is 0 Å². The van der Waals surface area contributed by atoms with E-state index in [0.717, 1.165) is 16.2 Å². The van der Waals surface area contributed by atoms with Gasteiger partial charge in [-0.05, 0) is 31.2 Å². The number of nitrogens with zero attached hydrogens (tertiary/aromatic N) is 2. The quantitative estimate of drug-likeness (QED) is 0.776. The molecule has 7 heteroatoms. The summed E-state index contributed by atoms with van der Waals surface area (Å²) < 4.78 is 30.2. The molecule has 0 N–H and O–H groups in total. The summed E-state index contributed by atoms with van der Waals surface area (Å²) in [4.78, 5) is 14.1. The number of para-hydroxylation sites is 1. The lowest BCUT2D eigenvalue weighted by molar-refractivity contribution is -0.118. The molecule has 0 aliphatic rings. The van der Waals surface area contributed by atoms with Crippen molar-refractivity contribution in [2.45, 2.75) is 13.5 Å². The van der Waals surface area contributed by atoms with Crippen LogP contribution in [0.5, 0.6) is 0 Å². The maximum atomic E-state index is 12.5. The first-order chi connectivity index (χ1) is 10.9. The van der Waals surface area contributed by atoms with Crippen LogP contribution in [0.4, 0.5) is 5.69 Å². The molecule has 0 spiro atoms. The molecule has 0 unspecified atom stereocenters. The van der Waals surface area contributed by atoms with Crippen LogP contribution in [-0.4, -0.2) is 38.0 Å². The van der Waals surface area contributed by atoms with Gasteiger partial charge in [-0.2, -0.15) is 4.31 Å². The number of furan rings is 1. The fraction of sp³-hybridized carbons (Fsp3) is 0.312. The maximum absolute atomic E-state index is 12.5. The second-order valence-electron chi connectivity index (χ2n) is 5.08. The molecule has 1 amide bonds. The molecule has 2 aromatic rings. The maximum Gasteiger partial charge on any atom is 0.242 e. The normalized spacial score (nSPS) is 11.6. The zero-order valence-electron chi connectivity index (χ0n) is 13.2. The molecular formula is C16H20N2O4S. The molecule has 124 valence electrons. The third-order valence-electron chi connectivity index (χ3n) is 3.38. The second-order valence-corrected chi connectivity index (χ2v) is 7.07. The van der Waals surface area contributed by atoms with Crippen LogP contribution in [0.1, 0.15) is 12.7 Å². The monoisotopic (exact) mass is 336 g/mol.